The number of ether oxygens (including phenoxy) is 13. The van der Waals surface area contributed by atoms with Crippen LogP contribution in [-0.2, 0) is 61.6 Å². The summed E-state index contributed by atoms with van der Waals surface area (Å²) in [7, 11) is 3.05. The fraction of sp³-hybridized carbons (Fsp3) is 0.965. The smallest absolute Gasteiger partial charge is 0.189 e. The zero-order chi connectivity index (χ0) is 60.6. The molecule has 3 saturated carbocycles. The molecule has 10 aliphatic rings. The van der Waals surface area contributed by atoms with E-state index in [0.717, 1.165) is 32.1 Å². The minimum absolute atomic E-state index is 0.00186. The molecule has 0 radical (unpaired) electrons. The second-order valence-corrected chi connectivity index (χ2v) is 26.2. The molecule has 0 aromatic rings. The molecule has 10 rings (SSSR count). The van der Waals surface area contributed by atoms with Crippen molar-refractivity contribution in [2.45, 2.75) is 258 Å². The quantitative estimate of drug-likeness (QED) is 0.0599. The third kappa shape index (κ3) is 11.9. The van der Waals surface area contributed by atoms with E-state index in [4.69, 9.17) is 61.6 Å². The zero-order valence-corrected chi connectivity index (χ0v) is 48.8. The van der Waals surface area contributed by atoms with Crippen LogP contribution < -0.4 is 0 Å². The minimum atomic E-state index is -1.96. The third-order valence-electron chi connectivity index (χ3n) is 21.4. The van der Waals surface area contributed by atoms with E-state index in [9.17, 15) is 71.5 Å². The van der Waals surface area contributed by atoms with E-state index in [1.807, 2.05) is 6.92 Å². The molecule has 27 nitrogen and oxygen atoms in total. The molecule has 14 N–H and O–H groups in total. The third-order valence-corrected chi connectivity index (χ3v) is 21.4. The highest BCUT2D eigenvalue weighted by Gasteiger charge is 2.69. The van der Waals surface area contributed by atoms with Crippen molar-refractivity contribution in [3.8, 4) is 0 Å². The number of fused-ring (bicyclic) bond motifs is 7. The van der Waals surface area contributed by atoms with Gasteiger partial charge in [-0.15, -0.1) is 0 Å². The summed E-state index contributed by atoms with van der Waals surface area (Å²) in [6.07, 6.45) is -29.1. The van der Waals surface area contributed by atoms with Crippen LogP contribution in [0.15, 0.2) is 11.6 Å². The van der Waals surface area contributed by atoms with Gasteiger partial charge in [0.15, 0.2) is 43.5 Å². The fourth-order valence-electron chi connectivity index (χ4n) is 16.5. The number of aliphatic hydroxyl groups excluding tert-OH is 14. The van der Waals surface area contributed by atoms with E-state index < -0.39 is 179 Å². The van der Waals surface area contributed by atoms with E-state index in [-0.39, 0.29) is 41.3 Å². The summed E-state index contributed by atoms with van der Waals surface area (Å²) in [6, 6.07) is 0. The Morgan fingerprint density at radius 1 is 0.619 bits per heavy atom. The van der Waals surface area contributed by atoms with Crippen LogP contribution in [0.1, 0.15) is 92.4 Å². The van der Waals surface area contributed by atoms with Crippen molar-refractivity contribution >= 4 is 0 Å². The number of aliphatic hydroxyl groups is 14. The molecule has 0 aromatic heterocycles. The molecule has 0 amide bonds. The Balaban J connectivity index is 0.805. The van der Waals surface area contributed by atoms with Crippen LogP contribution in [-0.4, -0.2) is 278 Å². The van der Waals surface area contributed by atoms with Crippen molar-refractivity contribution in [1.82, 2.24) is 0 Å². The van der Waals surface area contributed by atoms with Crippen LogP contribution in [0.5, 0.6) is 0 Å². The lowest BCUT2D eigenvalue weighted by Gasteiger charge is -2.58. The molecular formula is C57H94O27. The van der Waals surface area contributed by atoms with Gasteiger partial charge >= 0.3 is 0 Å². The van der Waals surface area contributed by atoms with Gasteiger partial charge in [0.25, 0.3) is 0 Å². The summed E-state index contributed by atoms with van der Waals surface area (Å²) in [5.41, 5.74) is 1.06. The van der Waals surface area contributed by atoms with E-state index in [1.165, 1.54) is 19.6 Å². The topological polar surface area (TPSA) is 403 Å². The van der Waals surface area contributed by atoms with Gasteiger partial charge in [-0.05, 0) is 98.7 Å². The van der Waals surface area contributed by atoms with E-state index in [0.29, 0.717) is 43.4 Å². The van der Waals surface area contributed by atoms with E-state index in [2.05, 4.69) is 26.8 Å². The van der Waals surface area contributed by atoms with Crippen molar-refractivity contribution in [3.05, 3.63) is 11.6 Å². The Kier molecular flexibility index (Phi) is 20.4. The SMILES string of the molecule is CO[C@H]1O[C@@H](OC[C@H](C)CC[C@@]2(OC)O[C@H]3C[C@H]4[C@@H]5CC=C6C[C@@H](O[C@H]7O[C@H](CO)[C@@H](O[C@@H]8O[C@H](CO)[C@@H](O)[C@H](O[C@@H]9OC[C@@H](O)[C@H](O)[C@H]9O)[C@H]8O)[C@H](O)[C@H]7O[C@@H]7O[C@@H](C)[C@H](O)[C@@H](O)[C@H]7O)CC[C@]6(C)[C@H]5CC[C@]4(C)[C@H]3[C@@H]2C)[C@H](O)[C@@H](O)[C@@H]1O. The lowest BCUT2D eigenvalue weighted by Crippen LogP contribution is -2.67. The van der Waals surface area contributed by atoms with Gasteiger partial charge in [-0.25, -0.2) is 0 Å². The van der Waals surface area contributed by atoms with Crippen molar-refractivity contribution in [3.63, 3.8) is 0 Å². The van der Waals surface area contributed by atoms with Crippen molar-refractivity contribution < 1.29 is 133 Å². The Labute approximate surface area is 488 Å². The Morgan fingerprint density at radius 2 is 1.26 bits per heavy atom. The van der Waals surface area contributed by atoms with Gasteiger partial charge in [0, 0.05) is 26.6 Å². The molecule has 35 atom stereocenters. The first kappa shape index (κ1) is 65.6. The number of rotatable bonds is 18. The van der Waals surface area contributed by atoms with Crippen molar-refractivity contribution in [2.75, 3.05) is 40.6 Å². The second-order valence-electron chi connectivity index (χ2n) is 26.2. The number of methoxy groups -OCH3 is 2. The number of hydrogen-bond acceptors (Lipinski definition) is 27. The summed E-state index contributed by atoms with van der Waals surface area (Å²) in [5.74, 6) is 0.697. The van der Waals surface area contributed by atoms with Gasteiger partial charge in [0.2, 0.25) is 0 Å². The highest BCUT2D eigenvalue weighted by atomic mass is 16.8. The molecule has 9 fully saturated rings. The predicted molar refractivity (Wildman–Crippen MR) is 282 cm³/mol. The summed E-state index contributed by atoms with van der Waals surface area (Å²) >= 11 is 0. The summed E-state index contributed by atoms with van der Waals surface area (Å²) in [4.78, 5) is 0. The summed E-state index contributed by atoms with van der Waals surface area (Å²) in [6.45, 7) is 8.65. The van der Waals surface area contributed by atoms with Gasteiger partial charge < -0.3 is 133 Å². The van der Waals surface area contributed by atoms with Gasteiger partial charge in [-0.3, -0.25) is 0 Å². The van der Waals surface area contributed by atoms with Gasteiger partial charge in [-0.2, -0.15) is 0 Å². The minimum Gasteiger partial charge on any atom is -0.394 e. The normalized spacial score (nSPS) is 54.4. The standard InChI is InChI=1S/C57H94O27/c1-22(20-74-51-42(68)39(65)41(67)49(72-6)83-51)10-15-57(73-7)23(2)34-31(84-57)17-29-27-9-8-25-16-26(11-13-55(25,4)28(27)12-14-56(29,34)5)77-54-48(82-52-43(69)38(64)35(61)24(3)76-52)44(70)46(33(19-59)79-54)80-53-45(71)47(37(63)32(18-58)78-53)81-50-40(66)36(62)30(60)21-75-50/h8,22-24,26-54,58-71H,9-21H2,1-7H3/t22-,23+,24+,26+,27-,28+,29+,30-,31+,32-,33-,34+,35+,36+,37-,38-,39+,40-,41+,42-,43-,44+,45-,46-,47+,48-,49+,50+,51-,52+,53+,54+,55+,56+,57-/m1/s1. The monoisotopic (exact) mass is 1210 g/mol. The van der Waals surface area contributed by atoms with Crippen LogP contribution in [0, 0.1) is 46.3 Å². The molecule has 6 heterocycles. The lowest BCUT2D eigenvalue weighted by molar-refractivity contribution is -0.395. The largest absolute Gasteiger partial charge is 0.394 e. The van der Waals surface area contributed by atoms with Crippen LogP contribution in [0.2, 0.25) is 0 Å². The van der Waals surface area contributed by atoms with E-state index >= 15 is 0 Å². The Morgan fingerprint density at radius 3 is 1.96 bits per heavy atom. The highest BCUT2D eigenvalue weighted by molar-refractivity contribution is 5.26. The molecular weight excluding hydrogens is 1120 g/mol. The maximum Gasteiger partial charge on any atom is 0.189 e. The predicted octanol–water partition coefficient (Wildman–Crippen LogP) is -3.28. The summed E-state index contributed by atoms with van der Waals surface area (Å²) in [5, 5.41) is 150. The second kappa shape index (κ2) is 26.1. The molecule has 6 aliphatic heterocycles. The van der Waals surface area contributed by atoms with Gasteiger partial charge in [0.05, 0.1) is 44.7 Å². The molecule has 27 heteroatoms. The number of allylic oxidation sites excluding steroid dienone is 1. The first-order chi connectivity index (χ1) is 39.8. The van der Waals surface area contributed by atoms with Crippen LogP contribution >= 0.6 is 0 Å². The maximum atomic E-state index is 12.4. The summed E-state index contributed by atoms with van der Waals surface area (Å²) < 4.78 is 78.3. The van der Waals surface area contributed by atoms with E-state index in [1.54, 1.807) is 7.11 Å². The maximum absolute atomic E-state index is 12.4. The van der Waals surface area contributed by atoms with Crippen molar-refractivity contribution in [2.24, 2.45) is 46.3 Å². The highest BCUT2D eigenvalue weighted by Crippen LogP contribution is 2.70. The van der Waals surface area contributed by atoms with Crippen LogP contribution in [0.4, 0.5) is 0 Å². The molecule has 0 spiro atoms. The Hall–Kier alpha value is -1.34. The molecule has 84 heavy (non-hydrogen) atoms. The first-order valence-electron chi connectivity index (χ1n) is 30.2. The Bertz CT molecular complexity index is 2200. The lowest BCUT2D eigenvalue weighted by atomic mass is 9.47. The molecule has 6 saturated heterocycles. The van der Waals surface area contributed by atoms with Crippen molar-refractivity contribution in [1.29, 1.82) is 0 Å². The van der Waals surface area contributed by atoms with Crippen LogP contribution in [0.25, 0.3) is 0 Å². The molecule has 0 unspecified atom stereocenters. The van der Waals surface area contributed by atoms with Gasteiger partial charge in [0.1, 0.15) is 104 Å². The molecule has 0 bridgehead atoms. The average molecular weight is 1210 g/mol. The zero-order valence-electron chi connectivity index (χ0n) is 48.8. The fourth-order valence-corrected chi connectivity index (χ4v) is 16.5. The average Bonchev–Trinajstić information content (AvgIpc) is 1.65. The molecule has 0 aromatic carbocycles. The molecule has 4 aliphatic carbocycles. The molecule has 484 valence electrons. The van der Waals surface area contributed by atoms with Crippen LogP contribution in [0.3, 0.4) is 0 Å². The van der Waals surface area contributed by atoms with Gasteiger partial charge in [-0.1, -0.05) is 39.3 Å². The first-order valence-corrected chi connectivity index (χ1v) is 30.2. The number of hydrogen-bond donors (Lipinski definition) is 14.